The van der Waals surface area contributed by atoms with E-state index in [9.17, 15) is 0 Å². The van der Waals surface area contributed by atoms with Gasteiger partial charge in [-0.05, 0) is 61.5 Å². The molecular weight excluding hydrogens is 276 g/mol. The van der Waals surface area contributed by atoms with Crippen molar-refractivity contribution in [2.45, 2.75) is 45.6 Å². The van der Waals surface area contributed by atoms with Crippen molar-refractivity contribution in [1.82, 2.24) is 9.55 Å². The van der Waals surface area contributed by atoms with Gasteiger partial charge < -0.3 is 9.55 Å². The number of fused-ring (bicyclic) bond motifs is 1. The van der Waals surface area contributed by atoms with Crippen molar-refractivity contribution in [3.63, 3.8) is 0 Å². The molecule has 0 saturated heterocycles. The lowest BCUT2D eigenvalue weighted by Crippen LogP contribution is -2.23. The van der Waals surface area contributed by atoms with Crippen LogP contribution in [0.5, 0.6) is 0 Å². The Morgan fingerprint density at radius 1 is 1.32 bits per heavy atom. The van der Waals surface area contributed by atoms with Gasteiger partial charge in [-0.25, -0.2) is 0 Å². The van der Waals surface area contributed by atoms with E-state index in [0.717, 1.165) is 20.8 Å². The Morgan fingerprint density at radius 3 is 2.68 bits per heavy atom. The summed E-state index contributed by atoms with van der Waals surface area (Å²) in [5, 5.41) is 0.770. The molecule has 0 bridgehead atoms. The van der Waals surface area contributed by atoms with Crippen LogP contribution in [0.1, 0.15) is 45.6 Å². The maximum absolute atomic E-state index is 6.12. The summed E-state index contributed by atoms with van der Waals surface area (Å²) in [4.78, 5) is 3.29. The normalized spacial score (nSPS) is 19.9. The van der Waals surface area contributed by atoms with Gasteiger partial charge in [-0.1, -0.05) is 25.4 Å². The first-order chi connectivity index (χ1) is 8.96. The molecule has 0 aliphatic heterocycles. The molecule has 0 radical (unpaired) electrons. The Bertz CT molecular complexity index is 658. The summed E-state index contributed by atoms with van der Waals surface area (Å²) >= 11 is 11.6. The highest BCUT2D eigenvalue weighted by Crippen LogP contribution is 2.41. The molecule has 1 fully saturated rings. The van der Waals surface area contributed by atoms with E-state index in [1.165, 1.54) is 25.7 Å². The number of benzene rings is 1. The Kier molecular flexibility index (Phi) is 3.22. The van der Waals surface area contributed by atoms with Crippen molar-refractivity contribution >= 4 is 34.9 Å². The van der Waals surface area contributed by atoms with Crippen molar-refractivity contribution in [3.8, 4) is 0 Å². The summed E-state index contributed by atoms with van der Waals surface area (Å²) in [6.45, 7) is 4.71. The number of imidazole rings is 1. The lowest BCUT2D eigenvalue weighted by molar-refractivity contribution is 0.195. The maximum atomic E-state index is 6.12. The van der Waals surface area contributed by atoms with Crippen molar-refractivity contribution < 1.29 is 0 Å². The molecule has 1 heterocycles. The second kappa shape index (κ2) is 4.64. The van der Waals surface area contributed by atoms with Crippen LogP contribution < -0.4 is 0 Å². The zero-order valence-corrected chi connectivity index (χ0v) is 12.9. The summed E-state index contributed by atoms with van der Waals surface area (Å²) in [6.07, 6.45) is 4.90. The summed E-state index contributed by atoms with van der Waals surface area (Å²) in [6, 6.07) is 6.44. The summed E-state index contributed by atoms with van der Waals surface area (Å²) in [7, 11) is 0. The van der Waals surface area contributed by atoms with Crippen LogP contribution in [-0.2, 0) is 0 Å². The van der Waals surface area contributed by atoms with Crippen LogP contribution in [0, 0.1) is 10.2 Å². The Balaban J connectivity index is 2.03. The van der Waals surface area contributed by atoms with Gasteiger partial charge in [0, 0.05) is 11.1 Å². The Hall–Kier alpha value is -0.800. The van der Waals surface area contributed by atoms with Gasteiger partial charge in [-0.3, -0.25) is 0 Å². The monoisotopic (exact) mass is 294 g/mol. The van der Waals surface area contributed by atoms with Gasteiger partial charge in [0.15, 0.2) is 4.77 Å². The number of hydrogen-bond donors (Lipinski definition) is 1. The number of nitrogens with one attached hydrogen (secondary N) is 1. The highest BCUT2D eigenvalue weighted by Gasteiger charge is 2.28. The number of H-pyrrole nitrogens is 1. The van der Waals surface area contributed by atoms with Crippen LogP contribution in [0.25, 0.3) is 11.0 Å². The van der Waals surface area contributed by atoms with Gasteiger partial charge in [0.2, 0.25) is 0 Å². The Labute approximate surface area is 123 Å². The standard InChI is InChI=1S/C15H19ClN2S/c1-15(2)7-5-11(6-8-15)18-13-9-10(16)3-4-12(13)17-14(18)19/h3-4,9,11H,5-8H2,1-2H3,(H,17,19). The zero-order valence-electron chi connectivity index (χ0n) is 11.4. The third-order valence-corrected chi connectivity index (χ3v) is 4.89. The van der Waals surface area contributed by atoms with Crippen molar-refractivity contribution in [1.29, 1.82) is 0 Å². The highest BCUT2D eigenvalue weighted by atomic mass is 35.5. The fourth-order valence-electron chi connectivity index (χ4n) is 3.10. The second-order valence-electron chi connectivity index (χ2n) is 6.36. The fraction of sp³-hybridized carbons (Fsp3) is 0.533. The molecule has 2 aromatic rings. The van der Waals surface area contributed by atoms with Crippen molar-refractivity contribution in [2.75, 3.05) is 0 Å². The van der Waals surface area contributed by atoms with Crippen LogP contribution in [0.4, 0.5) is 0 Å². The number of hydrogen-bond acceptors (Lipinski definition) is 1. The van der Waals surface area contributed by atoms with E-state index in [1.807, 2.05) is 18.2 Å². The smallest absolute Gasteiger partial charge is 0.178 e. The average Bonchev–Trinajstić information content (AvgIpc) is 2.65. The lowest BCUT2D eigenvalue weighted by Gasteiger charge is -2.35. The van der Waals surface area contributed by atoms with Crippen LogP contribution in [0.3, 0.4) is 0 Å². The maximum Gasteiger partial charge on any atom is 0.178 e. The molecule has 1 aromatic heterocycles. The number of rotatable bonds is 1. The first-order valence-corrected chi connectivity index (χ1v) is 7.65. The van der Waals surface area contributed by atoms with E-state index >= 15 is 0 Å². The van der Waals surface area contributed by atoms with E-state index in [0.29, 0.717) is 11.5 Å². The minimum absolute atomic E-state index is 0.475. The molecule has 2 nitrogen and oxygen atoms in total. The molecule has 19 heavy (non-hydrogen) atoms. The van der Waals surface area contributed by atoms with Gasteiger partial charge in [0.05, 0.1) is 11.0 Å². The number of aromatic amines is 1. The molecule has 0 atom stereocenters. The molecule has 1 aromatic carbocycles. The molecule has 102 valence electrons. The number of nitrogens with zero attached hydrogens (tertiary/aromatic N) is 1. The molecule has 4 heteroatoms. The minimum Gasteiger partial charge on any atom is -0.331 e. The third kappa shape index (κ3) is 2.46. The molecular formula is C15H19ClN2S. The summed E-state index contributed by atoms with van der Waals surface area (Å²) in [5.41, 5.74) is 2.70. The summed E-state index contributed by atoms with van der Waals surface area (Å²) in [5.74, 6) is 0. The largest absolute Gasteiger partial charge is 0.331 e. The first-order valence-electron chi connectivity index (χ1n) is 6.86. The van der Waals surface area contributed by atoms with Gasteiger partial charge in [0.1, 0.15) is 0 Å². The molecule has 0 amide bonds. The predicted octanol–water partition coefficient (Wildman–Crippen LogP) is 5.49. The van der Waals surface area contributed by atoms with Gasteiger partial charge in [-0.2, -0.15) is 0 Å². The SMILES string of the molecule is CC1(C)CCC(n2c(=S)[nH]c3ccc(Cl)cc32)CC1. The quantitative estimate of drug-likeness (QED) is 0.689. The van der Waals surface area contributed by atoms with Gasteiger partial charge in [-0.15, -0.1) is 0 Å². The average molecular weight is 295 g/mol. The van der Waals surface area contributed by atoms with E-state index < -0.39 is 0 Å². The topological polar surface area (TPSA) is 20.7 Å². The van der Waals surface area contributed by atoms with Crippen molar-refractivity contribution in [3.05, 3.63) is 28.0 Å². The first kappa shape index (κ1) is 13.2. The van der Waals surface area contributed by atoms with Crippen LogP contribution in [-0.4, -0.2) is 9.55 Å². The van der Waals surface area contributed by atoms with Crippen LogP contribution >= 0.6 is 23.8 Å². The molecule has 0 unspecified atom stereocenters. The molecule has 0 spiro atoms. The van der Waals surface area contributed by atoms with Crippen LogP contribution in [0.15, 0.2) is 18.2 Å². The predicted molar refractivity (Wildman–Crippen MR) is 83.4 cm³/mol. The van der Waals surface area contributed by atoms with Crippen molar-refractivity contribution in [2.24, 2.45) is 5.41 Å². The van der Waals surface area contributed by atoms with E-state index in [1.54, 1.807) is 0 Å². The molecule has 3 rings (SSSR count). The third-order valence-electron chi connectivity index (χ3n) is 4.35. The molecule has 1 N–H and O–H groups in total. The second-order valence-corrected chi connectivity index (χ2v) is 7.18. The van der Waals surface area contributed by atoms with Crippen LogP contribution in [0.2, 0.25) is 5.02 Å². The number of halogens is 1. The minimum atomic E-state index is 0.475. The highest BCUT2D eigenvalue weighted by molar-refractivity contribution is 7.71. The van der Waals surface area contributed by atoms with E-state index in [2.05, 4.69) is 23.4 Å². The van der Waals surface area contributed by atoms with E-state index in [-0.39, 0.29) is 0 Å². The molecule has 1 aliphatic rings. The lowest BCUT2D eigenvalue weighted by atomic mass is 9.75. The molecule has 1 saturated carbocycles. The fourth-order valence-corrected chi connectivity index (χ4v) is 3.62. The van der Waals surface area contributed by atoms with Gasteiger partial charge in [0.25, 0.3) is 0 Å². The number of aromatic nitrogens is 2. The Morgan fingerprint density at radius 2 is 2.00 bits per heavy atom. The zero-order chi connectivity index (χ0) is 13.6. The summed E-state index contributed by atoms with van der Waals surface area (Å²) < 4.78 is 3.09. The molecule has 1 aliphatic carbocycles. The van der Waals surface area contributed by atoms with E-state index in [4.69, 9.17) is 23.8 Å². The van der Waals surface area contributed by atoms with Gasteiger partial charge >= 0.3 is 0 Å².